The molecule has 0 spiro atoms. The normalized spacial score (nSPS) is 24.8. The highest BCUT2D eigenvalue weighted by atomic mass is 19.1. The largest absolute Gasteiger partial charge is 0.491 e. The van der Waals surface area contributed by atoms with E-state index >= 15 is 0 Å². The van der Waals surface area contributed by atoms with E-state index in [9.17, 15) is 18.8 Å². The Labute approximate surface area is 193 Å². The quantitative estimate of drug-likeness (QED) is 0.606. The summed E-state index contributed by atoms with van der Waals surface area (Å²) in [5, 5.41) is 2.92. The van der Waals surface area contributed by atoms with Crippen molar-refractivity contribution in [1.29, 1.82) is 0 Å². The Morgan fingerprint density at radius 3 is 2.73 bits per heavy atom. The standard InChI is InChI=1S/C23H33FN4O5/c1-23(2,3)33-22(31)28-12-15-11-16(28)13-32-19-8-7-14(24)10-17(19)21(30)27(4)9-5-6-18(25)20(29)26-15/h7-8,10,15-16,18H,5-6,9,11-13,25H2,1-4H3,(H,26,29)/t15-,16+,18+/m1/s1. The van der Waals surface area contributed by atoms with Crippen LogP contribution in [0, 0.1) is 5.82 Å². The smallest absolute Gasteiger partial charge is 0.410 e. The zero-order valence-corrected chi connectivity index (χ0v) is 19.6. The summed E-state index contributed by atoms with van der Waals surface area (Å²) in [6.07, 6.45) is 0.789. The molecule has 2 bridgehead atoms. The maximum atomic E-state index is 13.9. The highest BCUT2D eigenvalue weighted by molar-refractivity contribution is 5.96. The Bertz CT molecular complexity index is 903. The minimum atomic E-state index is -0.742. The van der Waals surface area contributed by atoms with E-state index in [-0.39, 0.29) is 36.4 Å². The van der Waals surface area contributed by atoms with Crippen LogP contribution in [-0.2, 0) is 9.53 Å². The molecule has 0 unspecified atom stereocenters. The van der Waals surface area contributed by atoms with Crippen molar-refractivity contribution in [3.8, 4) is 5.75 Å². The summed E-state index contributed by atoms with van der Waals surface area (Å²) in [5.41, 5.74) is 5.46. The number of fused-ring (bicyclic) bond motifs is 3. The lowest BCUT2D eigenvalue weighted by molar-refractivity contribution is -0.123. The molecule has 0 aliphatic carbocycles. The van der Waals surface area contributed by atoms with Crippen LogP contribution in [0.3, 0.4) is 0 Å². The average molecular weight is 465 g/mol. The van der Waals surface area contributed by atoms with E-state index in [0.717, 1.165) is 6.07 Å². The van der Waals surface area contributed by atoms with Gasteiger partial charge >= 0.3 is 6.09 Å². The number of nitrogens with zero attached hydrogens (tertiary/aromatic N) is 2. The van der Waals surface area contributed by atoms with Crippen LogP contribution in [0.4, 0.5) is 9.18 Å². The van der Waals surface area contributed by atoms with Crippen LogP contribution in [0.2, 0.25) is 0 Å². The van der Waals surface area contributed by atoms with E-state index in [1.54, 1.807) is 27.8 Å². The van der Waals surface area contributed by atoms with Crippen molar-refractivity contribution in [3.05, 3.63) is 29.6 Å². The summed E-state index contributed by atoms with van der Waals surface area (Å²) in [7, 11) is 1.60. The van der Waals surface area contributed by atoms with E-state index in [4.69, 9.17) is 15.2 Å². The van der Waals surface area contributed by atoms with Crippen molar-refractivity contribution in [2.24, 2.45) is 5.73 Å². The number of nitrogens with two attached hydrogens (primary N) is 1. The second kappa shape index (κ2) is 9.94. The summed E-state index contributed by atoms with van der Waals surface area (Å²) in [4.78, 5) is 41.3. The molecule has 10 heteroatoms. The van der Waals surface area contributed by atoms with Gasteiger partial charge in [0.05, 0.1) is 17.6 Å². The third-order valence-electron chi connectivity index (χ3n) is 5.68. The molecule has 3 atom stereocenters. The number of hydrogen-bond acceptors (Lipinski definition) is 6. The highest BCUT2D eigenvalue weighted by Crippen LogP contribution is 2.26. The maximum Gasteiger partial charge on any atom is 0.410 e. The van der Waals surface area contributed by atoms with Crippen LogP contribution in [-0.4, -0.2) is 78.2 Å². The fourth-order valence-electron chi connectivity index (χ4n) is 4.00. The highest BCUT2D eigenvalue weighted by Gasteiger charge is 2.39. The van der Waals surface area contributed by atoms with Gasteiger partial charge in [-0.2, -0.15) is 0 Å². The molecule has 3 amide bonds. The number of likely N-dealkylation sites (tertiary alicyclic amines) is 1. The molecule has 1 fully saturated rings. The molecule has 0 aromatic heterocycles. The van der Waals surface area contributed by atoms with Crippen molar-refractivity contribution in [3.63, 3.8) is 0 Å². The van der Waals surface area contributed by atoms with Crippen molar-refractivity contribution in [2.75, 3.05) is 26.7 Å². The lowest BCUT2D eigenvalue weighted by atomic mass is 10.1. The van der Waals surface area contributed by atoms with Crippen LogP contribution < -0.4 is 15.8 Å². The van der Waals surface area contributed by atoms with E-state index in [2.05, 4.69) is 5.32 Å². The lowest BCUT2D eigenvalue weighted by Gasteiger charge is -2.28. The van der Waals surface area contributed by atoms with Crippen LogP contribution in [0.15, 0.2) is 18.2 Å². The minimum Gasteiger partial charge on any atom is -0.491 e. The first-order valence-electron chi connectivity index (χ1n) is 11.2. The predicted octanol–water partition coefficient (Wildman–Crippen LogP) is 1.89. The molecule has 9 nitrogen and oxygen atoms in total. The molecule has 2 aliphatic heterocycles. The Hall–Kier alpha value is -2.88. The van der Waals surface area contributed by atoms with Gasteiger partial charge in [-0.05, 0) is 58.2 Å². The number of hydrogen-bond donors (Lipinski definition) is 2. The van der Waals surface area contributed by atoms with E-state index in [1.165, 1.54) is 21.9 Å². The van der Waals surface area contributed by atoms with Gasteiger partial charge in [0, 0.05) is 26.2 Å². The van der Waals surface area contributed by atoms with Crippen molar-refractivity contribution < 1.29 is 28.2 Å². The van der Waals surface area contributed by atoms with Gasteiger partial charge in [0.2, 0.25) is 5.91 Å². The van der Waals surface area contributed by atoms with Gasteiger partial charge in [0.25, 0.3) is 5.91 Å². The fraction of sp³-hybridized carbons (Fsp3) is 0.609. The van der Waals surface area contributed by atoms with Crippen LogP contribution >= 0.6 is 0 Å². The first kappa shape index (κ1) is 24.8. The number of carbonyl (C=O) groups excluding carboxylic acids is 3. The molecule has 3 rings (SSSR count). The second-order valence-electron chi connectivity index (χ2n) is 9.65. The lowest BCUT2D eigenvalue weighted by Crippen LogP contribution is -2.47. The molecule has 2 aliphatic rings. The first-order chi connectivity index (χ1) is 15.4. The van der Waals surface area contributed by atoms with E-state index in [0.29, 0.717) is 25.8 Å². The third-order valence-corrected chi connectivity index (χ3v) is 5.68. The van der Waals surface area contributed by atoms with Crippen molar-refractivity contribution in [1.82, 2.24) is 15.1 Å². The van der Waals surface area contributed by atoms with Gasteiger partial charge < -0.3 is 25.4 Å². The van der Waals surface area contributed by atoms with Gasteiger partial charge in [0.1, 0.15) is 23.8 Å². The Kier molecular flexibility index (Phi) is 7.46. The number of rotatable bonds is 0. The third kappa shape index (κ3) is 6.34. The number of benzene rings is 1. The minimum absolute atomic E-state index is 0.0489. The van der Waals surface area contributed by atoms with Gasteiger partial charge in [0.15, 0.2) is 0 Å². The molecule has 0 saturated carbocycles. The van der Waals surface area contributed by atoms with Crippen LogP contribution in [0.25, 0.3) is 0 Å². The molecule has 1 saturated heterocycles. The number of ether oxygens (including phenoxy) is 2. The summed E-state index contributed by atoms with van der Waals surface area (Å²) in [6.45, 7) is 5.98. The van der Waals surface area contributed by atoms with Crippen LogP contribution in [0.1, 0.15) is 50.4 Å². The zero-order chi connectivity index (χ0) is 24.3. The zero-order valence-electron chi connectivity index (χ0n) is 19.6. The molecule has 2 heterocycles. The van der Waals surface area contributed by atoms with Gasteiger partial charge in [-0.25, -0.2) is 9.18 Å². The molecular formula is C23H33FN4O5. The number of halogens is 1. The Balaban J connectivity index is 1.90. The first-order valence-corrected chi connectivity index (χ1v) is 11.2. The van der Waals surface area contributed by atoms with Gasteiger partial charge in [-0.15, -0.1) is 0 Å². The van der Waals surface area contributed by atoms with Crippen molar-refractivity contribution >= 4 is 17.9 Å². The predicted molar refractivity (Wildman–Crippen MR) is 119 cm³/mol. The summed E-state index contributed by atoms with van der Waals surface area (Å²) < 4.78 is 25.4. The monoisotopic (exact) mass is 464 g/mol. The number of amides is 3. The maximum absolute atomic E-state index is 13.9. The molecule has 1 aromatic carbocycles. The molecular weight excluding hydrogens is 431 g/mol. The topological polar surface area (TPSA) is 114 Å². The van der Waals surface area contributed by atoms with Gasteiger partial charge in [-0.3, -0.25) is 14.5 Å². The Morgan fingerprint density at radius 2 is 2.03 bits per heavy atom. The molecule has 33 heavy (non-hydrogen) atoms. The second-order valence-corrected chi connectivity index (χ2v) is 9.65. The molecule has 0 radical (unpaired) electrons. The molecule has 182 valence electrons. The van der Waals surface area contributed by atoms with E-state index < -0.39 is 35.5 Å². The van der Waals surface area contributed by atoms with Crippen molar-refractivity contribution in [2.45, 2.75) is 63.8 Å². The summed E-state index contributed by atoms with van der Waals surface area (Å²) in [5.74, 6) is -1.02. The fourth-order valence-corrected chi connectivity index (χ4v) is 4.00. The van der Waals surface area contributed by atoms with Crippen LogP contribution in [0.5, 0.6) is 5.75 Å². The van der Waals surface area contributed by atoms with Gasteiger partial charge in [-0.1, -0.05) is 0 Å². The number of carbonyl (C=O) groups is 3. The average Bonchev–Trinajstić information content (AvgIpc) is 3.12. The molecule has 3 N–H and O–H groups in total. The molecule has 1 aromatic rings. The Morgan fingerprint density at radius 1 is 1.30 bits per heavy atom. The summed E-state index contributed by atoms with van der Waals surface area (Å²) in [6, 6.07) is 2.31. The summed E-state index contributed by atoms with van der Waals surface area (Å²) >= 11 is 0. The SMILES string of the molecule is CN1CCC[C@H](N)C(=O)N[C@@H]2C[C@@H](COc3ccc(F)cc3C1=O)N(C(=O)OC(C)(C)C)C2. The van der Waals surface area contributed by atoms with E-state index in [1.807, 2.05) is 0 Å². The number of nitrogens with one attached hydrogen (secondary N) is 1.